The van der Waals surface area contributed by atoms with Crippen molar-refractivity contribution in [3.05, 3.63) is 72.5 Å². The maximum Gasteiger partial charge on any atom is 0.374 e. The second-order valence-electron chi connectivity index (χ2n) is 13.7. The van der Waals surface area contributed by atoms with Crippen molar-refractivity contribution in [2.45, 2.75) is 162 Å². The lowest BCUT2D eigenvalue weighted by Crippen LogP contribution is -2.35. The number of rotatable bonds is 26. The molecule has 4 rings (SSSR count). The molecule has 0 bridgehead atoms. The Morgan fingerprint density at radius 3 is 1.77 bits per heavy atom. The van der Waals surface area contributed by atoms with Crippen LogP contribution in [0.15, 0.2) is 71.0 Å². The molecule has 0 saturated heterocycles. The minimum absolute atomic E-state index is 0.900. The summed E-state index contributed by atoms with van der Waals surface area (Å²) in [4.78, 5) is 2.34. The average Bonchev–Trinajstić information content (AvgIpc) is 3.63. The molecule has 2 aromatic carbocycles. The molecule has 1 aromatic heterocycles. The summed E-state index contributed by atoms with van der Waals surface area (Å²) in [6.45, 7) is 6.54. The molecule has 0 N–H and O–H groups in total. The minimum Gasteiger partial charge on any atom is -0.439 e. The third-order valence-corrected chi connectivity index (χ3v) is 9.72. The van der Waals surface area contributed by atoms with Crippen LogP contribution in [-0.2, 0) is 6.54 Å². The average molecular weight is 642 g/mol. The monoisotopic (exact) mass is 642 g/mol. The lowest BCUT2D eigenvalue weighted by atomic mass is 10.0. The highest BCUT2D eigenvalue weighted by Crippen LogP contribution is 2.38. The summed E-state index contributed by atoms with van der Waals surface area (Å²) in [6.07, 6.45) is 36.3. The van der Waals surface area contributed by atoms with E-state index in [1.807, 2.05) is 0 Å². The Bertz CT molecular complexity index is 1320. The number of hydrogen-bond donors (Lipinski definition) is 0. The van der Waals surface area contributed by atoms with Gasteiger partial charge in [0.1, 0.15) is 0 Å². The number of oxazole rings is 1. The van der Waals surface area contributed by atoms with Crippen LogP contribution >= 0.6 is 0 Å². The SMILES string of the molecule is CCCCCCCCCCCCCCCCCC[n+]1c(C=CC=C2Oc3ccccc3N2CCCCCCCC)oc2ccccc21. The van der Waals surface area contributed by atoms with E-state index >= 15 is 0 Å². The Balaban J connectivity index is 1.20. The molecule has 0 fully saturated rings. The maximum atomic E-state index is 6.34. The fraction of sp³-hybridized carbons (Fsp3) is 0.605. The third kappa shape index (κ3) is 12.8. The number of aryl methyl sites for hydroxylation is 1. The summed E-state index contributed by atoms with van der Waals surface area (Å²) in [6, 6.07) is 16.8. The second-order valence-corrected chi connectivity index (χ2v) is 13.7. The van der Waals surface area contributed by atoms with Crippen LogP contribution in [0.25, 0.3) is 17.2 Å². The molecule has 47 heavy (non-hydrogen) atoms. The topological polar surface area (TPSA) is 29.5 Å². The quantitative estimate of drug-likeness (QED) is 0.0645. The first kappa shape index (κ1) is 36.8. The van der Waals surface area contributed by atoms with Gasteiger partial charge in [-0.1, -0.05) is 160 Å². The van der Waals surface area contributed by atoms with Gasteiger partial charge in [-0.2, -0.15) is 4.57 Å². The smallest absolute Gasteiger partial charge is 0.374 e. The van der Waals surface area contributed by atoms with Gasteiger partial charge in [-0.3, -0.25) is 0 Å². The highest BCUT2D eigenvalue weighted by Gasteiger charge is 2.25. The van der Waals surface area contributed by atoms with E-state index in [1.165, 1.54) is 152 Å². The summed E-state index contributed by atoms with van der Waals surface area (Å²) in [5, 5.41) is 0. The van der Waals surface area contributed by atoms with Gasteiger partial charge in [-0.15, -0.1) is 0 Å². The summed E-state index contributed by atoms with van der Waals surface area (Å²) >= 11 is 0. The molecule has 0 atom stereocenters. The number of anilines is 1. The Morgan fingerprint density at radius 2 is 1.13 bits per heavy atom. The fourth-order valence-electron chi connectivity index (χ4n) is 6.90. The highest BCUT2D eigenvalue weighted by molar-refractivity contribution is 5.70. The number of para-hydroxylation sites is 4. The van der Waals surface area contributed by atoms with Crippen LogP contribution in [-0.4, -0.2) is 6.54 Å². The Kier molecular flexibility index (Phi) is 17.7. The first-order valence-corrected chi connectivity index (χ1v) is 19.7. The van der Waals surface area contributed by atoms with Gasteiger partial charge in [-0.05, 0) is 43.2 Å². The number of allylic oxidation sites excluding steroid dienone is 2. The molecule has 0 radical (unpaired) electrons. The molecule has 258 valence electrons. The molecule has 0 aliphatic carbocycles. The van der Waals surface area contributed by atoms with Crippen molar-refractivity contribution >= 4 is 22.9 Å². The number of unbranched alkanes of at least 4 members (excludes halogenated alkanes) is 20. The molecule has 1 aliphatic heterocycles. The van der Waals surface area contributed by atoms with E-state index in [9.17, 15) is 0 Å². The van der Waals surface area contributed by atoms with Crippen molar-refractivity contribution in [3.63, 3.8) is 0 Å². The molecular weight excluding hydrogens is 576 g/mol. The molecule has 0 saturated carbocycles. The number of hydrogen-bond acceptors (Lipinski definition) is 3. The number of nitrogens with zero attached hydrogens (tertiary/aromatic N) is 2. The van der Waals surface area contributed by atoms with E-state index in [2.05, 4.69) is 90.1 Å². The molecule has 0 spiro atoms. The predicted octanol–water partition coefficient (Wildman–Crippen LogP) is 13.1. The minimum atomic E-state index is 0.900. The zero-order chi connectivity index (χ0) is 32.8. The molecule has 0 unspecified atom stereocenters. The molecule has 0 amide bonds. The van der Waals surface area contributed by atoms with Crippen LogP contribution < -0.4 is 14.2 Å². The van der Waals surface area contributed by atoms with Crippen molar-refractivity contribution in [2.75, 3.05) is 11.4 Å². The molecule has 1 aliphatic rings. The summed E-state index contributed by atoms with van der Waals surface area (Å²) < 4.78 is 15.0. The lowest BCUT2D eigenvalue weighted by molar-refractivity contribution is -0.678. The van der Waals surface area contributed by atoms with Crippen molar-refractivity contribution in [3.8, 4) is 5.75 Å². The first-order valence-electron chi connectivity index (χ1n) is 19.7. The van der Waals surface area contributed by atoms with Crippen molar-refractivity contribution in [1.82, 2.24) is 0 Å². The van der Waals surface area contributed by atoms with Crippen molar-refractivity contribution in [2.24, 2.45) is 0 Å². The Hall–Kier alpha value is -3.01. The van der Waals surface area contributed by atoms with Gasteiger partial charge >= 0.3 is 5.89 Å². The van der Waals surface area contributed by atoms with Gasteiger partial charge < -0.3 is 14.1 Å². The molecular formula is C43H65N2O2+. The zero-order valence-corrected chi connectivity index (χ0v) is 30.0. The van der Waals surface area contributed by atoms with Crippen molar-refractivity contribution < 1.29 is 13.7 Å². The second kappa shape index (κ2) is 22.5. The molecule has 4 heteroatoms. The molecule has 4 nitrogen and oxygen atoms in total. The van der Waals surface area contributed by atoms with E-state index in [0.29, 0.717) is 0 Å². The maximum absolute atomic E-state index is 6.34. The Morgan fingerprint density at radius 1 is 0.596 bits per heavy atom. The van der Waals surface area contributed by atoms with Gasteiger partial charge in [-0.25, -0.2) is 0 Å². The van der Waals surface area contributed by atoms with E-state index in [1.54, 1.807) is 0 Å². The number of fused-ring (bicyclic) bond motifs is 2. The van der Waals surface area contributed by atoms with Gasteiger partial charge in [0.25, 0.3) is 5.52 Å². The van der Waals surface area contributed by atoms with Crippen LogP contribution in [0.4, 0.5) is 5.69 Å². The predicted molar refractivity (Wildman–Crippen MR) is 201 cm³/mol. The van der Waals surface area contributed by atoms with E-state index in [4.69, 9.17) is 9.15 Å². The van der Waals surface area contributed by atoms with Crippen LogP contribution in [0.3, 0.4) is 0 Å². The zero-order valence-electron chi connectivity index (χ0n) is 30.0. The summed E-state index contributed by atoms with van der Waals surface area (Å²) in [5.41, 5.74) is 3.29. The normalized spacial score (nSPS) is 13.7. The number of ether oxygens (including phenoxy) is 1. The number of aromatic nitrogens is 1. The van der Waals surface area contributed by atoms with E-state index in [-0.39, 0.29) is 0 Å². The van der Waals surface area contributed by atoms with E-state index < -0.39 is 0 Å². The van der Waals surface area contributed by atoms with Crippen LogP contribution in [0.5, 0.6) is 5.75 Å². The molecule has 3 aromatic rings. The molecule has 2 heterocycles. The number of benzene rings is 2. The third-order valence-electron chi connectivity index (χ3n) is 9.72. The van der Waals surface area contributed by atoms with Gasteiger partial charge in [0, 0.05) is 19.0 Å². The van der Waals surface area contributed by atoms with Crippen LogP contribution in [0, 0.1) is 0 Å². The highest BCUT2D eigenvalue weighted by atomic mass is 16.5. The lowest BCUT2D eigenvalue weighted by Gasteiger charge is -2.18. The van der Waals surface area contributed by atoms with Crippen LogP contribution in [0.2, 0.25) is 0 Å². The standard InChI is InChI=1S/C43H65N2O2/c1-3-5-7-9-11-12-13-14-15-16-17-18-19-20-22-28-37-45-39-31-24-26-33-41(39)47-43(45)35-29-34-42-44(36-27-21-10-8-6-4-2)38-30-23-25-32-40(38)46-42/h23-26,29-35H,3-22,27-28,36-37H2,1-2H3/q+1. The summed E-state index contributed by atoms with van der Waals surface area (Å²) in [7, 11) is 0. The van der Waals surface area contributed by atoms with Gasteiger partial charge in [0.15, 0.2) is 12.3 Å². The van der Waals surface area contributed by atoms with Gasteiger partial charge in [0.2, 0.25) is 11.5 Å². The fourth-order valence-corrected chi connectivity index (χ4v) is 6.90. The Labute approximate surface area is 287 Å². The first-order chi connectivity index (χ1) is 23.3. The van der Waals surface area contributed by atoms with Crippen molar-refractivity contribution in [1.29, 1.82) is 0 Å². The summed E-state index contributed by atoms with van der Waals surface area (Å²) in [5.74, 6) is 2.75. The van der Waals surface area contributed by atoms with Gasteiger partial charge in [0.05, 0.1) is 11.8 Å². The van der Waals surface area contributed by atoms with Crippen LogP contribution in [0.1, 0.15) is 161 Å². The largest absolute Gasteiger partial charge is 0.439 e. The van der Waals surface area contributed by atoms with E-state index in [0.717, 1.165) is 36.2 Å².